The minimum atomic E-state index is -0.380. The molecule has 1 aromatic carbocycles. The largest absolute Gasteiger partial charge is 0.337 e. The van der Waals surface area contributed by atoms with Crippen LogP contribution >= 0.6 is 0 Å². The fourth-order valence-corrected chi connectivity index (χ4v) is 1.67. The summed E-state index contributed by atoms with van der Waals surface area (Å²) in [6, 6.07) is 6.72. The van der Waals surface area contributed by atoms with Crippen molar-refractivity contribution in [2.24, 2.45) is 0 Å². The highest BCUT2D eigenvalue weighted by atomic mass is 16.6. The summed E-state index contributed by atoms with van der Waals surface area (Å²) in [5.41, 5.74) is 1.26. The second-order valence-corrected chi connectivity index (χ2v) is 3.83. The molecule has 0 unspecified atom stereocenters. The second-order valence-electron chi connectivity index (χ2n) is 3.83. The van der Waals surface area contributed by atoms with Gasteiger partial charge in [0.2, 0.25) is 0 Å². The first-order valence-electron chi connectivity index (χ1n) is 5.45. The van der Waals surface area contributed by atoms with Crippen molar-refractivity contribution in [1.29, 1.82) is 0 Å². The first-order chi connectivity index (χ1) is 8.25. The maximum absolute atomic E-state index is 10.5. The summed E-state index contributed by atoms with van der Waals surface area (Å²) in [4.78, 5) is 14.1. The van der Waals surface area contributed by atoms with Crippen LogP contribution in [0.1, 0.15) is 12.0 Å². The molecule has 0 fully saturated rings. The van der Waals surface area contributed by atoms with E-state index >= 15 is 0 Å². The minimum Gasteiger partial charge on any atom is -0.337 e. The summed E-state index contributed by atoms with van der Waals surface area (Å²) in [7, 11) is 0. The molecule has 17 heavy (non-hydrogen) atoms. The van der Waals surface area contributed by atoms with Crippen LogP contribution in [0.25, 0.3) is 0 Å². The van der Waals surface area contributed by atoms with Crippen molar-refractivity contribution in [3.8, 4) is 0 Å². The maximum atomic E-state index is 10.5. The zero-order valence-corrected chi connectivity index (χ0v) is 9.32. The molecule has 88 valence electrons. The van der Waals surface area contributed by atoms with E-state index in [1.807, 2.05) is 22.9 Å². The summed E-state index contributed by atoms with van der Waals surface area (Å²) in [5.74, 6) is 0. The first-order valence-corrected chi connectivity index (χ1v) is 5.45. The molecule has 0 N–H and O–H groups in total. The molecule has 0 saturated heterocycles. The molecule has 1 aromatic heterocycles. The lowest BCUT2D eigenvalue weighted by atomic mass is 10.1. The smallest absolute Gasteiger partial charge is 0.269 e. The average molecular weight is 231 g/mol. The highest BCUT2D eigenvalue weighted by Crippen LogP contribution is 2.13. The Morgan fingerprint density at radius 3 is 2.65 bits per heavy atom. The third kappa shape index (κ3) is 3.14. The van der Waals surface area contributed by atoms with E-state index in [9.17, 15) is 10.1 Å². The molecule has 0 amide bonds. The second kappa shape index (κ2) is 5.25. The summed E-state index contributed by atoms with van der Waals surface area (Å²) >= 11 is 0. The van der Waals surface area contributed by atoms with Gasteiger partial charge in [0.15, 0.2) is 0 Å². The number of aromatic nitrogens is 2. The highest BCUT2D eigenvalue weighted by molar-refractivity contribution is 5.32. The Kier molecular flexibility index (Phi) is 3.49. The SMILES string of the molecule is O=[N+]([O-])c1ccc(CCCn2ccnc2)cc1. The summed E-state index contributed by atoms with van der Waals surface area (Å²) < 4.78 is 2.02. The lowest BCUT2D eigenvalue weighted by Crippen LogP contribution is -1.96. The number of rotatable bonds is 5. The van der Waals surface area contributed by atoms with E-state index in [1.54, 1.807) is 24.7 Å². The molecule has 0 radical (unpaired) electrons. The van der Waals surface area contributed by atoms with Gasteiger partial charge in [-0.25, -0.2) is 4.98 Å². The number of aryl methyl sites for hydroxylation is 2. The molecule has 2 aromatic rings. The Hall–Kier alpha value is -2.17. The van der Waals surface area contributed by atoms with E-state index < -0.39 is 0 Å². The Balaban J connectivity index is 1.85. The minimum absolute atomic E-state index is 0.142. The molecule has 2 rings (SSSR count). The predicted molar refractivity (Wildman–Crippen MR) is 63.6 cm³/mol. The molecular formula is C12H13N3O2. The molecule has 0 saturated carbocycles. The van der Waals surface area contributed by atoms with Gasteiger partial charge in [-0.2, -0.15) is 0 Å². The summed E-state index contributed by atoms with van der Waals surface area (Å²) in [5, 5.41) is 10.5. The van der Waals surface area contributed by atoms with Gasteiger partial charge in [0.1, 0.15) is 0 Å². The molecule has 0 aliphatic carbocycles. The third-order valence-corrected chi connectivity index (χ3v) is 2.59. The van der Waals surface area contributed by atoms with Gasteiger partial charge in [-0.05, 0) is 18.4 Å². The summed E-state index contributed by atoms with van der Waals surface area (Å²) in [6.45, 7) is 0.914. The van der Waals surface area contributed by atoms with Gasteiger partial charge in [-0.3, -0.25) is 10.1 Å². The third-order valence-electron chi connectivity index (χ3n) is 2.59. The van der Waals surface area contributed by atoms with Crippen LogP contribution in [0.5, 0.6) is 0 Å². The topological polar surface area (TPSA) is 61.0 Å². The van der Waals surface area contributed by atoms with Crippen LogP contribution in [0, 0.1) is 10.1 Å². The number of nitro benzene ring substituents is 1. The van der Waals surface area contributed by atoms with Crippen molar-refractivity contribution in [3.05, 3.63) is 58.7 Å². The maximum Gasteiger partial charge on any atom is 0.269 e. The molecule has 5 heteroatoms. The molecular weight excluding hydrogens is 218 g/mol. The highest BCUT2D eigenvalue weighted by Gasteiger charge is 2.03. The predicted octanol–water partition coefficient (Wildman–Crippen LogP) is 2.42. The Morgan fingerprint density at radius 1 is 1.29 bits per heavy atom. The van der Waals surface area contributed by atoms with Crippen molar-refractivity contribution in [2.75, 3.05) is 0 Å². The van der Waals surface area contributed by atoms with E-state index in [4.69, 9.17) is 0 Å². The van der Waals surface area contributed by atoms with E-state index in [1.165, 1.54) is 0 Å². The van der Waals surface area contributed by atoms with E-state index in [0.717, 1.165) is 24.9 Å². The summed E-state index contributed by atoms with van der Waals surface area (Å²) in [6.07, 6.45) is 7.38. The van der Waals surface area contributed by atoms with Crippen LogP contribution in [-0.4, -0.2) is 14.5 Å². The van der Waals surface area contributed by atoms with Crippen molar-refractivity contribution in [2.45, 2.75) is 19.4 Å². The number of benzene rings is 1. The van der Waals surface area contributed by atoms with E-state index in [2.05, 4.69) is 4.98 Å². The van der Waals surface area contributed by atoms with Crippen LogP contribution in [0.3, 0.4) is 0 Å². The van der Waals surface area contributed by atoms with Gasteiger partial charge in [0.25, 0.3) is 5.69 Å². The molecule has 0 spiro atoms. The van der Waals surface area contributed by atoms with Crippen molar-refractivity contribution >= 4 is 5.69 Å². The quantitative estimate of drug-likeness (QED) is 0.586. The first kappa shape index (κ1) is 11.3. The number of hydrogen-bond acceptors (Lipinski definition) is 3. The average Bonchev–Trinajstić information content (AvgIpc) is 2.83. The monoisotopic (exact) mass is 231 g/mol. The van der Waals surface area contributed by atoms with Gasteiger partial charge in [-0.15, -0.1) is 0 Å². The van der Waals surface area contributed by atoms with Gasteiger partial charge in [-0.1, -0.05) is 12.1 Å². The van der Waals surface area contributed by atoms with Crippen LogP contribution in [0.2, 0.25) is 0 Å². The molecule has 1 heterocycles. The van der Waals surface area contributed by atoms with Crippen LogP contribution in [-0.2, 0) is 13.0 Å². The van der Waals surface area contributed by atoms with Crippen LogP contribution in [0.4, 0.5) is 5.69 Å². The molecule has 0 atom stereocenters. The standard InChI is InChI=1S/C12H13N3O2/c16-15(17)12-5-3-11(4-6-12)2-1-8-14-9-7-13-10-14/h3-7,9-10H,1-2,8H2. The number of hydrogen-bond donors (Lipinski definition) is 0. The molecule has 0 aliphatic heterocycles. The van der Waals surface area contributed by atoms with Gasteiger partial charge < -0.3 is 4.57 Å². The zero-order chi connectivity index (χ0) is 12.1. The molecule has 0 bridgehead atoms. The van der Waals surface area contributed by atoms with Gasteiger partial charge >= 0.3 is 0 Å². The Morgan fingerprint density at radius 2 is 2.06 bits per heavy atom. The van der Waals surface area contributed by atoms with Gasteiger partial charge in [0, 0.05) is 31.1 Å². The fourth-order valence-electron chi connectivity index (χ4n) is 1.67. The van der Waals surface area contributed by atoms with Crippen LogP contribution < -0.4 is 0 Å². The number of imidazole rings is 1. The Bertz CT molecular complexity index is 477. The van der Waals surface area contributed by atoms with E-state index in [-0.39, 0.29) is 10.6 Å². The lowest BCUT2D eigenvalue weighted by Gasteiger charge is -2.02. The lowest BCUT2D eigenvalue weighted by molar-refractivity contribution is -0.384. The number of non-ortho nitro benzene ring substituents is 1. The fraction of sp³-hybridized carbons (Fsp3) is 0.250. The Labute approximate surface area is 98.9 Å². The van der Waals surface area contributed by atoms with Crippen molar-refractivity contribution in [1.82, 2.24) is 9.55 Å². The number of nitrogens with zero attached hydrogens (tertiary/aromatic N) is 3. The van der Waals surface area contributed by atoms with Crippen LogP contribution in [0.15, 0.2) is 43.0 Å². The van der Waals surface area contributed by atoms with E-state index in [0.29, 0.717) is 0 Å². The van der Waals surface area contributed by atoms with Crippen molar-refractivity contribution < 1.29 is 4.92 Å². The molecule has 0 aliphatic rings. The van der Waals surface area contributed by atoms with Gasteiger partial charge in [0.05, 0.1) is 11.3 Å². The van der Waals surface area contributed by atoms with Crippen molar-refractivity contribution in [3.63, 3.8) is 0 Å². The molecule has 5 nitrogen and oxygen atoms in total. The zero-order valence-electron chi connectivity index (χ0n) is 9.32. The number of nitro groups is 1. The normalized spacial score (nSPS) is 10.4.